The molecule has 4 heterocycles. The fraction of sp³-hybridized carbons (Fsp3) is 0.292. The van der Waals surface area contributed by atoms with E-state index < -0.39 is 0 Å². The fourth-order valence-electron chi connectivity index (χ4n) is 3.96. The molecule has 0 N–H and O–H groups in total. The Bertz CT molecular complexity index is 1340. The summed E-state index contributed by atoms with van der Waals surface area (Å²) in [6, 6.07) is 8.95. The highest BCUT2D eigenvalue weighted by Crippen LogP contribution is 2.30. The van der Waals surface area contributed by atoms with Crippen LogP contribution >= 0.6 is 11.3 Å². The van der Waals surface area contributed by atoms with Crippen molar-refractivity contribution in [2.75, 3.05) is 29.9 Å². The van der Waals surface area contributed by atoms with Gasteiger partial charge < -0.3 is 9.80 Å². The Morgan fingerprint density at radius 1 is 1.18 bits per heavy atom. The van der Waals surface area contributed by atoms with E-state index in [1.807, 2.05) is 9.78 Å². The molecule has 9 heteroatoms. The lowest BCUT2D eigenvalue weighted by atomic mass is 10.00. The van der Waals surface area contributed by atoms with Crippen molar-refractivity contribution in [1.82, 2.24) is 19.4 Å². The molecular weight excluding hydrogens is 434 g/mol. The summed E-state index contributed by atoms with van der Waals surface area (Å²) >= 11 is 1.64. The Hall–Kier alpha value is -3.77. The minimum atomic E-state index is -0.248. The number of aromatic nitrogens is 4. The number of rotatable bonds is 4. The Balaban J connectivity index is 1.42. The van der Waals surface area contributed by atoms with Gasteiger partial charge in [0.15, 0.2) is 10.8 Å². The molecule has 0 aliphatic carbocycles. The van der Waals surface area contributed by atoms with Gasteiger partial charge in [-0.15, -0.1) is 11.3 Å². The van der Waals surface area contributed by atoms with Crippen molar-refractivity contribution in [1.29, 1.82) is 5.26 Å². The zero-order chi connectivity index (χ0) is 22.9. The molecule has 1 amide bonds. The van der Waals surface area contributed by atoms with E-state index in [4.69, 9.17) is 10.2 Å². The molecule has 1 saturated heterocycles. The number of anilines is 2. The molecule has 0 bridgehead atoms. The zero-order valence-electron chi connectivity index (χ0n) is 18.5. The maximum absolute atomic E-state index is 13.1. The molecule has 1 aliphatic heterocycles. The highest BCUT2D eigenvalue weighted by molar-refractivity contribution is 7.14. The molecule has 4 aromatic rings. The van der Waals surface area contributed by atoms with Crippen molar-refractivity contribution < 1.29 is 4.79 Å². The van der Waals surface area contributed by atoms with Gasteiger partial charge in [-0.1, -0.05) is 6.92 Å². The van der Waals surface area contributed by atoms with Crippen LogP contribution in [0.15, 0.2) is 48.2 Å². The molecule has 0 radical (unpaired) electrons. The molecule has 0 saturated carbocycles. The average Bonchev–Trinajstić information content (AvgIpc) is 3.50. The van der Waals surface area contributed by atoms with Crippen molar-refractivity contribution in [3.05, 3.63) is 59.5 Å². The highest BCUT2D eigenvalue weighted by Gasteiger charge is 2.21. The summed E-state index contributed by atoms with van der Waals surface area (Å²) in [7, 11) is 1.69. The third-order valence-electron chi connectivity index (χ3n) is 6.11. The van der Waals surface area contributed by atoms with E-state index in [0.29, 0.717) is 22.6 Å². The number of carbonyl (C=O) groups excluding carboxylic acids is 1. The van der Waals surface area contributed by atoms with Gasteiger partial charge in [0.25, 0.3) is 5.91 Å². The van der Waals surface area contributed by atoms with Crippen LogP contribution in [0.3, 0.4) is 0 Å². The summed E-state index contributed by atoms with van der Waals surface area (Å²) in [5.74, 6) is 0.521. The van der Waals surface area contributed by atoms with Crippen LogP contribution in [-0.2, 0) is 0 Å². The molecule has 8 nitrogen and oxygen atoms in total. The van der Waals surface area contributed by atoms with Gasteiger partial charge in [0.1, 0.15) is 11.4 Å². The van der Waals surface area contributed by atoms with Gasteiger partial charge in [0, 0.05) is 37.4 Å². The Morgan fingerprint density at radius 3 is 2.67 bits per heavy atom. The summed E-state index contributed by atoms with van der Waals surface area (Å²) in [5, 5.41) is 12.1. The number of hydrogen-bond donors (Lipinski definition) is 0. The number of thiazole rings is 1. The van der Waals surface area contributed by atoms with E-state index in [9.17, 15) is 4.79 Å². The second-order valence-electron chi connectivity index (χ2n) is 8.35. The molecule has 0 atom stereocenters. The van der Waals surface area contributed by atoms with Gasteiger partial charge >= 0.3 is 0 Å². The van der Waals surface area contributed by atoms with Crippen LogP contribution in [0.1, 0.15) is 35.8 Å². The van der Waals surface area contributed by atoms with Crippen molar-refractivity contribution in [3.8, 4) is 17.5 Å². The van der Waals surface area contributed by atoms with E-state index in [1.165, 1.54) is 17.7 Å². The van der Waals surface area contributed by atoms with Crippen LogP contribution in [0, 0.1) is 17.2 Å². The van der Waals surface area contributed by atoms with Crippen molar-refractivity contribution in [2.24, 2.45) is 5.92 Å². The summed E-state index contributed by atoms with van der Waals surface area (Å²) in [6.07, 6.45) is 7.46. The molecular formula is C24H23N7OS. The van der Waals surface area contributed by atoms with Crippen molar-refractivity contribution >= 4 is 33.7 Å². The van der Waals surface area contributed by atoms with Crippen LogP contribution in [0.25, 0.3) is 17.0 Å². The standard InChI is InChI=1S/C24H23N7OS/c1-16-7-9-30(10-8-16)24-28-20(15-33-24)21-12-27-22-13-26-19(14-31(21)22)23(32)29(2)18-5-3-17(11-25)4-6-18/h3-6,12-16H,7-10H2,1-2H3. The summed E-state index contributed by atoms with van der Waals surface area (Å²) < 4.78 is 1.87. The summed E-state index contributed by atoms with van der Waals surface area (Å²) in [4.78, 5) is 30.6. The topological polar surface area (TPSA) is 90.4 Å². The number of benzene rings is 1. The number of nitrogens with zero attached hydrogens (tertiary/aromatic N) is 7. The van der Waals surface area contributed by atoms with Crippen LogP contribution in [0.5, 0.6) is 0 Å². The third kappa shape index (κ3) is 4.05. The zero-order valence-corrected chi connectivity index (χ0v) is 19.3. The fourth-order valence-corrected chi connectivity index (χ4v) is 4.84. The van der Waals surface area contributed by atoms with Gasteiger partial charge in [-0.25, -0.2) is 15.0 Å². The number of imidazole rings is 1. The first kappa shape index (κ1) is 21.1. The number of fused-ring (bicyclic) bond motifs is 1. The molecule has 3 aromatic heterocycles. The lowest BCUT2D eigenvalue weighted by molar-refractivity contribution is 0.0988. The number of piperidine rings is 1. The van der Waals surface area contributed by atoms with E-state index >= 15 is 0 Å². The molecule has 166 valence electrons. The SMILES string of the molecule is CC1CCN(c2nc(-c3cnc4cnc(C(=O)N(C)c5ccc(C#N)cc5)cn34)cs2)CC1. The number of hydrogen-bond acceptors (Lipinski definition) is 7. The molecule has 0 spiro atoms. The quantitative estimate of drug-likeness (QED) is 0.455. The van der Waals surface area contributed by atoms with Crippen LogP contribution in [0.2, 0.25) is 0 Å². The average molecular weight is 458 g/mol. The van der Waals surface area contributed by atoms with E-state index in [1.54, 1.807) is 61.2 Å². The van der Waals surface area contributed by atoms with Gasteiger partial charge in [-0.3, -0.25) is 9.20 Å². The smallest absolute Gasteiger partial charge is 0.278 e. The summed E-state index contributed by atoms with van der Waals surface area (Å²) in [5.41, 5.74) is 3.86. The Kier molecular flexibility index (Phi) is 5.52. The molecule has 1 aliphatic rings. The van der Waals surface area contributed by atoms with E-state index in [-0.39, 0.29) is 5.91 Å². The van der Waals surface area contributed by atoms with Crippen molar-refractivity contribution in [3.63, 3.8) is 0 Å². The second-order valence-corrected chi connectivity index (χ2v) is 9.19. The monoisotopic (exact) mass is 457 g/mol. The first-order valence-electron chi connectivity index (χ1n) is 10.9. The van der Waals surface area contributed by atoms with Crippen molar-refractivity contribution in [2.45, 2.75) is 19.8 Å². The lowest BCUT2D eigenvalue weighted by Crippen LogP contribution is -2.32. The van der Waals surface area contributed by atoms with Gasteiger partial charge in [-0.2, -0.15) is 5.26 Å². The maximum Gasteiger partial charge on any atom is 0.278 e. The minimum Gasteiger partial charge on any atom is -0.348 e. The largest absolute Gasteiger partial charge is 0.348 e. The van der Waals surface area contributed by atoms with Gasteiger partial charge in [-0.05, 0) is 43.0 Å². The van der Waals surface area contributed by atoms with Gasteiger partial charge in [0.2, 0.25) is 0 Å². The Morgan fingerprint density at radius 2 is 1.94 bits per heavy atom. The molecule has 1 aromatic carbocycles. The molecule has 5 rings (SSSR count). The van der Waals surface area contributed by atoms with E-state index in [0.717, 1.165) is 35.5 Å². The van der Waals surface area contributed by atoms with E-state index in [2.05, 4.69) is 27.9 Å². The predicted octanol–water partition coefficient (Wildman–Crippen LogP) is 4.24. The second kappa shape index (κ2) is 8.64. The summed E-state index contributed by atoms with van der Waals surface area (Å²) in [6.45, 7) is 4.37. The van der Waals surface area contributed by atoms with Crippen LogP contribution < -0.4 is 9.80 Å². The van der Waals surface area contributed by atoms with Crippen LogP contribution in [0.4, 0.5) is 10.8 Å². The minimum absolute atomic E-state index is 0.248. The van der Waals surface area contributed by atoms with Crippen LogP contribution in [-0.4, -0.2) is 45.4 Å². The predicted molar refractivity (Wildman–Crippen MR) is 129 cm³/mol. The molecule has 1 fully saturated rings. The number of amides is 1. The number of nitriles is 1. The molecule has 33 heavy (non-hydrogen) atoms. The highest BCUT2D eigenvalue weighted by atomic mass is 32.1. The first-order valence-corrected chi connectivity index (χ1v) is 11.7. The third-order valence-corrected chi connectivity index (χ3v) is 7.01. The Labute approximate surface area is 195 Å². The lowest BCUT2D eigenvalue weighted by Gasteiger charge is -2.29. The first-order chi connectivity index (χ1) is 16.0. The van der Waals surface area contributed by atoms with Gasteiger partial charge in [0.05, 0.1) is 29.7 Å². The molecule has 0 unspecified atom stereocenters. The maximum atomic E-state index is 13.1. The normalized spacial score (nSPS) is 14.4. The number of carbonyl (C=O) groups is 1.